The van der Waals surface area contributed by atoms with E-state index in [9.17, 15) is 13.2 Å². The van der Waals surface area contributed by atoms with Crippen LogP contribution in [0.5, 0.6) is 0 Å². The quantitative estimate of drug-likeness (QED) is 0.731. The topological polar surface area (TPSA) is 81.1 Å². The molecule has 0 saturated heterocycles. The molecule has 140 valence electrons. The predicted molar refractivity (Wildman–Crippen MR) is 105 cm³/mol. The van der Waals surface area contributed by atoms with Gasteiger partial charge in [-0.1, -0.05) is 19.1 Å². The SMILES string of the molecule is CCS(=O)(=O)c1ccc(NC(=O)c2cnn(-c3cccc(C)c3)c2C)cc1. The second-order valence-corrected chi connectivity index (χ2v) is 8.55. The van der Waals surface area contributed by atoms with Crippen molar-refractivity contribution in [3.05, 3.63) is 71.5 Å². The fourth-order valence-corrected chi connectivity index (χ4v) is 3.65. The Morgan fingerprint density at radius 2 is 1.81 bits per heavy atom. The highest BCUT2D eigenvalue weighted by atomic mass is 32.2. The highest BCUT2D eigenvalue weighted by Crippen LogP contribution is 2.19. The molecular weight excluding hydrogens is 362 g/mol. The fourth-order valence-electron chi connectivity index (χ4n) is 2.76. The van der Waals surface area contributed by atoms with Crippen LogP contribution in [0, 0.1) is 13.8 Å². The Kier molecular flexibility index (Phi) is 5.14. The van der Waals surface area contributed by atoms with Crippen LogP contribution in [0.15, 0.2) is 59.6 Å². The monoisotopic (exact) mass is 383 g/mol. The van der Waals surface area contributed by atoms with E-state index in [4.69, 9.17) is 0 Å². The van der Waals surface area contributed by atoms with Gasteiger partial charge in [0.2, 0.25) is 0 Å². The minimum Gasteiger partial charge on any atom is -0.322 e. The van der Waals surface area contributed by atoms with Crippen LogP contribution in [0.3, 0.4) is 0 Å². The van der Waals surface area contributed by atoms with Crippen molar-refractivity contribution >= 4 is 21.4 Å². The van der Waals surface area contributed by atoms with E-state index in [-0.39, 0.29) is 16.6 Å². The van der Waals surface area contributed by atoms with Gasteiger partial charge in [-0.25, -0.2) is 13.1 Å². The van der Waals surface area contributed by atoms with Crippen molar-refractivity contribution in [3.8, 4) is 5.69 Å². The number of anilines is 1. The summed E-state index contributed by atoms with van der Waals surface area (Å²) in [5.41, 5.74) is 3.71. The summed E-state index contributed by atoms with van der Waals surface area (Å²) in [6.45, 7) is 5.43. The molecule has 0 saturated carbocycles. The lowest BCUT2D eigenvalue weighted by Crippen LogP contribution is -2.13. The van der Waals surface area contributed by atoms with Crippen molar-refractivity contribution in [2.24, 2.45) is 0 Å². The third-order valence-corrected chi connectivity index (χ3v) is 6.10. The van der Waals surface area contributed by atoms with Crippen LogP contribution in [0.2, 0.25) is 0 Å². The first-order chi connectivity index (χ1) is 12.8. The number of carbonyl (C=O) groups excluding carboxylic acids is 1. The number of rotatable bonds is 5. The molecule has 7 heteroatoms. The maximum Gasteiger partial charge on any atom is 0.259 e. The number of hydrogen-bond acceptors (Lipinski definition) is 4. The van der Waals surface area contributed by atoms with E-state index in [0.29, 0.717) is 11.3 Å². The molecule has 0 aliphatic heterocycles. The van der Waals surface area contributed by atoms with Gasteiger partial charge in [-0.2, -0.15) is 5.10 Å². The number of nitrogens with zero attached hydrogens (tertiary/aromatic N) is 2. The molecule has 3 aromatic rings. The number of benzene rings is 2. The molecule has 6 nitrogen and oxygen atoms in total. The van der Waals surface area contributed by atoms with Crippen LogP contribution in [-0.2, 0) is 9.84 Å². The molecule has 2 aromatic carbocycles. The maximum atomic E-state index is 12.6. The molecule has 1 amide bonds. The van der Waals surface area contributed by atoms with E-state index >= 15 is 0 Å². The van der Waals surface area contributed by atoms with Crippen LogP contribution in [0.4, 0.5) is 5.69 Å². The zero-order valence-electron chi connectivity index (χ0n) is 15.4. The molecule has 1 N–H and O–H groups in total. The lowest BCUT2D eigenvalue weighted by Gasteiger charge is -2.08. The van der Waals surface area contributed by atoms with Gasteiger partial charge >= 0.3 is 0 Å². The summed E-state index contributed by atoms with van der Waals surface area (Å²) in [5, 5.41) is 7.11. The Morgan fingerprint density at radius 3 is 2.44 bits per heavy atom. The van der Waals surface area contributed by atoms with Crippen LogP contribution in [0.1, 0.15) is 28.5 Å². The van der Waals surface area contributed by atoms with Crippen molar-refractivity contribution in [3.63, 3.8) is 0 Å². The summed E-state index contributed by atoms with van der Waals surface area (Å²) in [6, 6.07) is 14.0. The number of nitrogens with one attached hydrogen (secondary N) is 1. The smallest absolute Gasteiger partial charge is 0.259 e. The Bertz CT molecular complexity index is 1080. The van der Waals surface area contributed by atoms with Gasteiger partial charge in [-0.3, -0.25) is 4.79 Å². The first kappa shape index (κ1) is 18.8. The molecule has 0 aliphatic carbocycles. The molecule has 0 unspecified atom stereocenters. The van der Waals surface area contributed by atoms with Crippen molar-refractivity contribution < 1.29 is 13.2 Å². The van der Waals surface area contributed by atoms with E-state index in [1.165, 1.54) is 18.3 Å². The van der Waals surface area contributed by atoms with E-state index in [1.807, 2.05) is 38.1 Å². The second kappa shape index (κ2) is 7.36. The highest BCUT2D eigenvalue weighted by molar-refractivity contribution is 7.91. The second-order valence-electron chi connectivity index (χ2n) is 6.28. The zero-order valence-corrected chi connectivity index (χ0v) is 16.2. The van der Waals surface area contributed by atoms with Crippen molar-refractivity contribution in [1.29, 1.82) is 0 Å². The van der Waals surface area contributed by atoms with Gasteiger partial charge in [-0.05, 0) is 55.8 Å². The first-order valence-electron chi connectivity index (χ1n) is 8.57. The molecule has 3 rings (SSSR count). The van der Waals surface area contributed by atoms with Crippen molar-refractivity contribution in [1.82, 2.24) is 9.78 Å². The normalized spacial score (nSPS) is 11.4. The van der Waals surface area contributed by atoms with Crippen LogP contribution >= 0.6 is 0 Å². The lowest BCUT2D eigenvalue weighted by molar-refractivity contribution is 0.102. The summed E-state index contributed by atoms with van der Waals surface area (Å²) in [7, 11) is -3.26. The van der Waals surface area contributed by atoms with Gasteiger partial charge < -0.3 is 5.32 Å². The molecule has 1 aromatic heterocycles. The molecule has 0 fully saturated rings. The lowest BCUT2D eigenvalue weighted by atomic mass is 10.2. The van der Waals surface area contributed by atoms with Crippen molar-refractivity contribution in [2.75, 3.05) is 11.1 Å². The number of sulfone groups is 1. The predicted octanol–water partition coefficient (Wildman–Crippen LogP) is 3.54. The van der Waals surface area contributed by atoms with Crippen LogP contribution in [-0.4, -0.2) is 29.9 Å². The number of hydrogen-bond donors (Lipinski definition) is 1. The van der Waals surface area contributed by atoms with Gasteiger partial charge in [-0.15, -0.1) is 0 Å². The Labute approximate surface area is 158 Å². The molecular formula is C20H21N3O3S. The Hall–Kier alpha value is -2.93. The minimum atomic E-state index is -3.26. The number of aromatic nitrogens is 2. The Morgan fingerprint density at radius 1 is 1.11 bits per heavy atom. The van der Waals surface area contributed by atoms with E-state index in [0.717, 1.165) is 16.9 Å². The van der Waals surface area contributed by atoms with Gasteiger partial charge in [0.1, 0.15) is 0 Å². The Balaban J connectivity index is 1.81. The van der Waals surface area contributed by atoms with Gasteiger partial charge in [0, 0.05) is 5.69 Å². The molecule has 0 atom stereocenters. The van der Waals surface area contributed by atoms with E-state index in [1.54, 1.807) is 23.7 Å². The van der Waals surface area contributed by atoms with Gasteiger partial charge in [0.25, 0.3) is 5.91 Å². The molecule has 0 spiro atoms. The average molecular weight is 383 g/mol. The summed E-state index contributed by atoms with van der Waals surface area (Å²) in [5.74, 6) is -0.256. The molecule has 0 bridgehead atoms. The average Bonchev–Trinajstić information content (AvgIpc) is 3.04. The van der Waals surface area contributed by atoms with Gasteiger partial charge in [0.15, 0.2) is 9.84 Å². The number of amides is 1. The van der Waals surface area contributed by atoms with Crippen LogP contribution < -0.4 is 5.32 Å². The van der Waals surface area contributed by atoms with E-state index in [2.05, 4.69) is 10.4 Å². The third kappa shape index (κ3) is 3.93. The zero-order chi connectivity index (χ0) is 19.6. The number of carbonyl (C=O) groups is 1. The largest absolute Gasteiger partial charge is 0.322 e. The van der Waals surface area contributed by atoms with Crippen molar-refractivity contribution in [2.45, 2.75) is 25.7 Å². The van der Waals surface area contributed by atoms with E-state index < -0.39 is 9.84 Å². The van der Waals surface area contributed by atoms with Gasteiger partial charge in [0.05, 0.1) is 33.8 Å². The third-order valence-electron chi connectivity index (χ3n) is 4.35. The maximum absolute atomic E-state index is 12.6. The number of aryl methyl sites for hydroxylation is 1. The summed E-state index contributed by atoms with van der Waals surface area (Å²) in [6.07, 6.45) is 1.53. The fraction of sp³-hybridized carbons (Fsp3) is 0.200. The molecule has 0 aliphatic rings. The first-order valence-corrected chi connectivity index (χ1v) is 10.2. The molecule has 27 heavy (non-hydrogen) atoms. The highest BCUT2D eigenvalue weighted by Gasteiger charge is 2.16. The summed E-state index contributed by atoms with van der Waals surface area (Å²) >= 11 is 0. The summed E-state index contributed by atoms with van der Waals surface area (Å²) in [4.78, 5) is 12.8. The molecule has 0 radical (unpaired) electrons. The summed E-state index contributed by atoms with van der Waals surface area (Å²) < 4.78 is 25.4. The minimum absolute atomic E-state index is 0.0377. The molecule has 1 heterocycles. The standard InChI is InChI=1S/C20H21N3O3S/c1-4-27(25,26)18-10-8-16(9-11-18)22-20(24)19-13-21-23(15(19)3)17-7-5-6-14(2)12-17/h5-13H,4H2,1-3H3,(H,22,24). The van der Waals surface area contributed by atoms with Crippen LogP contribution in [0.25, 0.3) is 5.69 Å².